The van der Waals surface area contributed by atoms with Crippen LogP contribution in [0.25, 0.3) is 0 Å². The number of carbonyl (C=O) groups is 2. The van der Waals surface area contributed by atoms with Gasteiger partial charge >= 0.3 is 6.09 Å². The van der Waals surface area contributed by atoms with E-state index in [9.17, 15) is 9.59 Å². The molecule has 8 nitrogen and oxygen atoms in total. The molecule has 2 rings (SSSR count). The van der Waals surface area contributed by atoms with Crippen LogP contribution in [0.4, 0.5) is 10.6 Å². The van der Waals surface area contributed by atoms with Gasteiger partial charge in [-0.2, -0.15) is 0 Å². The second kappa shape index (κ2) is 6.17. The van der Waals surface area contributed by atoms with Crippen molar-refractivity contribution in [3.05, 3.63) is 18.1 Å². The summed E-state index contributed by atoms with van der Waals surface area (Å²) in [5, 5.41) is 0. The van der Waals surface area contributed by atoms with Crippen molar-refractivity contribution in [1.82, 2.24) is 14.9 Å². The summed E-state index contributed by atoms with van der Waals surface area (Å²) >= 11 is 0. The van der Waals surface area contributed by atoms with E-state index in [0.29, 0.717) is 32.0 Å². The van der Waals surface area contributed by atoms with Crippen molar-refractivity contribution in [2.24, 2.45) is 5.73 Å². The normalized spacial score (nSPS) is 15.6. The third kappa shape index (κ3) is 4.06. The van der Waals surface area contributed by atoms with Crippen LogP contribution in [0.2, 0.25) is 0 Å². The maximum atomic E-state index is 12.0. The number of rotatable bonds is 2. The molecule has 2 heterocycles. The number of aromatic nitrogens is 2. The Hall–Kier alpha value is -2.38. The number of piperazine rings is 1. The molecule has 0 unspecified atom stereocenters. The average Bonchev–Trinajstić information content (AvgIpc) is 2.46. The molecule has 1 saturated heterocycles. The molecule has 0 atom stereocenters. The van der Waals surface area contributed by atoms with E-state index in [-0.39, 0.29) is 11.8 Å². The maximum absolute atomic E-state index is 12.0. The van der Waals surface area contributed by atoms with Crippen molar-refractivity contribution in [3.63, 3.8) is 0 Å². The van der Waals surface area contributed by atoms with Gasteiger partial charge in [0, 0.05) is 32.2 Å². The Morgan fingerprint density at radius 1 is 1.18 bits per heavy atom. The van der Waals surface area contributed by atoms with Gasteiger partial charge < -0.3 is 20.3 Å². The molecule has 1 aromatic heterocycles. The van der Waals surface area contributed by atoms with E-state index in [1.165, 1.54) is 6.33 Å². The van der Waals surface area contributed by atoms with Crippen LogP contribution in [0.15, 0.2) is 12.4 Å². The lowest BCUT2D eigenvalue weighted by Crippen LogP contribution is -2.50. The van der Waals surface area contributed by atoms with Crippen LogP contribution in [0.5, 0.6) is 0 Å². The molecule has 0 saturated carbocycles. The molecule has 0 aromatic carbocycles. The lowest BCUT2D eigenvalue weighted by Gasteiger charge is -2.36. The van der Waals surface area contributed by atoms with Gasteiger partial charge in [-0.1, -0.05) is 0 Å². The zero-order valence-electron chi connectivity index (χ0n) is 13.1. The van der Waals surface area contributed by atoms with Crippen LogP contribution < -0.4 is 10.6 Å². The van der Waals surface area contributed by atoms with E-state index in [1.54, 1.807) is 11.0 Å². The van der Waals surface area contributed by atoms with Crippen LogP contribution >= 0.6 is 0 Å². The summed E-state index contributed by atoms with van der Waals surface area (Å²) in [4.78, 5) is 34.8. The van der Waals surface area contributed by atoms with Crippen LogP contribution in [0.1, 0.15) is 31.3 Å². The first-order chi connectivity index (χ1) is 10.3. The van der Waals surface area contributed by atoms with Crippen LogP contribution in [-0.4, -0.2) is 58.6 Å². The molecular weight excluding hydrogens is 286 g/mol. The first kappa shape index (κ1) is 16.0. The molecule has 0 bridgehead atoms. The summed E-state index contributed by atoms with van der Waals surface area (Å²) in [7, 11) is 0. The van der Waals surface area contributed by atoms with Gasteiger partial charge in [0.1, 0.15) is 23.4 Å². The van der Waals surface area contributed by atoms with Gasteiger partial charge in [0.15, 0.2) is 0 Å². The fourth-order valence-electron chi connectivity index (χ4n) is 2.10. The maximum Gasteiger partial charge on any atom is 0.410 e. The third-order valence-corrected chi connectivity index (χ3v) is 3.16. The van der Waals surface area contributed by atoms with E-state index in [0.717, 1.165) is 0 Å². The Kier molecular flexibility index (Phi) is 4.48. The monoisotopic (exact) mass is 307 g/mol. The second-order valence-corrected chi connectivity index (χ2v) is 6.08. The SMILES string of the molecule is CC(C)(C)OC(=O)N1CCN(c2cc(C(N)=O)ncn2)CC1. The highest BCUT2D eigenvalue weighted by atomic mass is 16.6. The smallest absolute Gasteiger partial charge is 0.410 e. The summed E-state index contributed by atoms with van der Waals surface area (Å²) in [5.41, 5.74) is 4.89. The van der Waals surface area contributed by atoms with Crippen molar-refractivity contribution in [2.75, 3.05) is 31.1 Å². The average molecular weight is 307 g/mol. The minimum atomic E-state index is -0.587. The fraction of sp³-hybridized carbons (Fsp3) is 0.571. The predicted molar refractivity (Wildman–Crippen MR) is 80.6 cm³/mol. The minimum absolute atomic E-state index is 0.180. The molecule has 8 heteroatoms. The van der Waals surface area contributed by atoms with Gasteiger partial charge in [0.05, 0.1) is 0 Å². The summed E-state index contributed by atoms with van der Waals surface area (Å²) in [6, 6.07) is 1.56. The van der Waals surface area contributed by atoms with E-state index in [2.05, 4.69) is 9.97 Å². The Morgan fingerprint density at radius 3 is 2.36 bits per heavy atom. The molecular formula is C14H21N5O3. The lowest BCUT2D eigenvalue weighted by molar-refractivity contribution is 0.0240. The Balaban J connectivity index is 1.96. The van der Waals surface area contributed by atoms with Crippen LogP contribution in [-0.2, 0) is 4.74 Å². The molecule has 0 aliphatic carbocycles. The van der Waals surface area contributed by atoms with Gasteiger partial charge in [-0.15, -0.1) is 0 Å². The summed E-state index contributed by atoms with van der Waals surface area (Å²) in [6.07, 6.45) is 1.00. The molecule has 22 heavy (non-hydrogen) atoms. The molecule has 1 aliphatic heterocycles. The van der Waals surface area contributed by atoms with Crippen LogP contribution in [0, 0.1) is 0 Å². The van der Waals surface area contributed by atoms with E-state index >= 15 is 0 Å². The Morgan fingerprint density at radius 2 is 1.82 bits per heavy atom. The third-order valence-electron chi connectivity index (χ3n) is 3.16. The Labute approximate surface area is 129 Å². The highest BCUT2D eigenvalue weighted by Crippen LogP contribution is 2.16. The van der Waals surface area contributed by atoms with E-state index < -0.39 is 11.5 Å². The highest BCUT2D eigenvalue weighted by Gasteiger charge is 2.26. The zero-order chi connectivity index (χ0) is 16.3. The van der Waals surface area contributed by atoms with Crippen molar-refractivity contribution in [2.45, 2.75) is 26.4 Å². The topological polar surface area (TPSA) is 102 Å². The number of anilines is 1. The first-order valence-electron chi connectivity index (χ1n) is 7.11. The molecule has 2 N–H and O–H groups in total. The van der Waals surface area contributed by atoms with Crippen molar-refractivity contribution in [1.29, 1.82) is 0 Å². The van der Waals surface area contributed by atoms with Gasteiger partial charge in [0.25, 0.3) is 5.91 Å². The quantitative estimate of drug-likeness (QED) is 0.860. The first-order valence-corrected chi connectivity index (χ1v) is 7.11. The number of ether oxygens (including phenoxy) is 1. The van der Waals surface area contributed by atoms with Crippen molar-refractivity contribution >= 4 is 17.8 Å². The number of amides is 2. The number of hydrogen-bond donors (Lipinski definition) is 1. The standard InChI is InChI=1S/C14H21N5O3/c1-14(2,3)22-13(21)19-6-4-18(5-7-19)11-8-10(12(15)20)16-9-17-11/h8-9H,4-7H2,1-3H3,(H2,15,20). The highest BCUT2D eigenvalue weighted by molar-refractivity contribution is 5.91. The second-order valence-electron chi connectivity index (χ2n) is 6.08. The van der Waals surface area contributed by atoms with Crippen molar-refractivity contribution < 1.29 is 14.3 Å². The molecule has 1 aromatic rings. The number of primary amides is 1. The van der Waals surface area contributed by atoms with Crippen molar-refractivity contribution in [3.8, 4) is 0 Å². The summed E-state index contributed by atoms with van der Waals surface area (Å²) < 4.78 is 5.35. The zero-order valence-corrected chi connectivity index (χ0v) is 13.1. The van der Waals surface area contributed by atoms with E-state index in [1.807, 2.05) is 25.7 Å². The molecule has 2 amide bonds. The molecule has 0 spiro atoms. The minimum Gasteiger partial charge on any atom is -0.444 e. The van der Waals surface area contributed by atoms with Gasteiger partial charge in [0.2, 0.25) is 0 Å². The summed E-state index contributed by atoms with van der Waals surface area (Å²) in [6.45, 7) is 7.80. The number of carbonyl (C=O) groups excluding carboxylic acids is 2. The largest absolute Gasteiger partial charge is 0.444 e. The fourth-order valence-corrected chi connectivity index (χ4v) is 2.10. The van der Waals surface area contributed by atoms with Gasteiger partial charge in [-0.3, -0.25) is 4.79 Å². The van der Waals surface area contributed by atoms with Gasteiger partial charge in [-0.05, 0) is 20.8 Å². The summed E-state index contributed by atoms with van der Waals surface area (Å²) in [5.74, 6) is 0.0451. The molecule has 120 valence electrons. The molecule has 1 aliphatic rings. The predicted octanol–water partition coefficient (Wildman–Crippen LogP) is 0.633. The number of hydrogen-bond acceptors (Lipinski definition) is 6. The molecule has 0 radical (unpaired) electrons. The van der Waals surface area contributed by atoms with Gasteiger partial charge in [-0.25, -0.2) is 14.8 Å². The molecule has 1 fully saturated rings. The van der Waals surface area contributed by atoms with E-state index in [4.69, 9.17) is 10.5 Å². The number of nitrogens with two attached hydrogens (primary N) is 1. The Bertz CT molecular complexity index is 562. The lowest BCUT2D eigenvalue weighted by atomic mass is 10.2. The van der Waals surface area contributed by atoms with Crippen LogP contribution in [0.3, 0.4) is 0 Å². The number of nitrogens with zero attached hydrogens (tertiary/aromatic N) is 4.